The highest BCUT2D eigenvalue weighted by Gasteiger charge is 2.21. The lowest BCUT2D eigenvalue weighted by atomic mass is 10.2. The molecule has 1 fully saturated rings. The SMILES string of the molecule is O=C(NCCOc1ccc(Cl)cc1)Nc1cc(F)c(N2CCCC2)c(F)c1. The molecule has 0 aromatic heterocycles. The van der Waals surface area contributed by atoms with E-state index in [1.807, 2.05) is 0 Å². The van der Waals surface area contributed by atoms with E-state index in [1.165, 1.54) is 0 Å². The van der Waals surface area contributed by atoms with Crippen LogP contribution in [-0.4, -0.2) is 32.3 Å². The van der Waals surface area contributed by atoms with Crippen molar-refractivity contribution in [2.75, 3.05) is 36.5 Å². The van der Waals surface area contributed by atoms with Gasteiger partial charge in [-0.1, -0.05) is 11.6 Å². The smallest absolute Gasteiger partial charge is 0.319 e. The molecule has 2 amide bonds. The summed E-state index contributed by atoms with van der Waals surface area (Å²) < 4.78 is 34.0. The van der Waals surface area contributed by atoms with Crippen LogP contribution < -0.4 is 20.3 Å². The Kier molecular flexibility index (Phi) is 6.34. The molecule has 2 aromatic carbocycles. The summed E-state index contributed by atoms with van der Waals surface area (Å²) in [7, 11) is 0. The van der Waals surface area contributed by atoms with Crippen molar-refractivity contribution in [1.29, 1.82) is 0 Å². The molecule has 2 N–H and O–H groups in total. The zero-order valence-electron chi connectivity index (χ0n) is 14.6. The number of carbonyl (C=O) groups excluding carboxylic acids is 1. The largest absolute Gasteiger partial charge is 0.492 e. The fourth-order valence-corrected chi connectivity index (χ4v) is 3.05. The first kappa shape index (κ1) is 19.2. The molecule has 1 saturated heterocycles. The van der Waals surface area contributed by atoms with E-state index in [1.54, 1.807) is 29.2 Å². The molecule has 0 unspecified atom stereocenters. The van der Waals surface area contributed by atoms with Crippen LogP contribution >= 0.6 is 11.6 Å². The molecule has 0 radical (unpaired) electrons. The Morgan fingerprint density at radius 2 is 1.74 bits per heavy atom. The molecule has 0 aliphatic carbocycles. The molecule has 2 aromatic rings. The zero-order chi connectivity index (χ0) is 19.2. The average Bonchev–Trinajstić information content (AvgIpc) is 3.14. The second-order valence-electron chi connectivity index (χ2n) is 6.17. The molecule has 1 heterocycles. The van der Waals surface area contributed by atoms with Gasteiger partial charge in [-0.05, 0) is 49.2 Å². The highest BCUT2D eigenvalue weighted by Crippen LogP contribution is 2.29. The number of carbonyl (C=O) groups is 1. The van der Waals surface area contributed by atoms with Crippen molar-refractivity contribution in [3.05, 3.63) is 53.1 Å². The topological polar surface area (TPSA) is 53.6 Å². The van der Waals surface area contributed by atoms with Crippen molar-refractivity contribution in [2.24, 2.45) is 0 Å². The second kappa shape index (κ2) is 8.90. The molecule has 0 spiro atoms. The third kappa shape index (κ3) is 5.23. The van der Waals surface area contributed by atoms with Gasteiger partial charge in [0.2, 0.25) is 0 Å². The minimum Gasteiger partial charge on any atom is -0.492 e. The number of amides is 2. The molecule has 8 heteroatoms. The van der Waals surface area contributed by atoms with Gasteiger partial charge in [-0.2, -0.15) is 0 Å². The first-order chi connectivity index (χ1) is 13.0. The summed E-state index contributed by atoms with van der Waals surface area (Å²) in [5, 5.41) is 5.60. The van der Waals surface area contributed by atoms with Crippen LogP contribution in [0.2, 0.25) is 5.02 Å². The highest BCUT2D eigenvalue weighted by atomic mass is 35.5. The Balaban J connectivity index is 1.48. The highest BCUT2D eigenvalue weighted by molar-refractivity contribution is 6.30. The number of hydrogen-bond acceptors (Lipinski definition) is 3. The quantitative estimate of drug-likeness (QED) is 0.712. The van der Waals surface area contributed by atoms with Crippen molar-refractivity contribution in [3.8, 4) is 5.75 Å². The second-order valence-corrected chi connectivity index (χ2v) is 6.60. The number of nitrogens with zero attached hydrogens (tertiary/aromatic N) is 1. The van der Waals surface area contributed by atoms with Crippen LogP contribution in [-0.2, 0) is 0 Å². The zero-order valence-corrected chi connectivity index (χ0v) is 15.4. The maximum absolute atomic E-state index is 14.3. The average molecular weight is 396 g/mol. The summed E-state index contributed by atoms with van der Waals surface area (Å²) >= 11 is 5.78. The van der Waals surface area contributed by atoms with Gasteiger partial charge in [0.1, 0.15) is 18.0 Å². The Hall–Kier alpha value is -2.54. The molecule has 1 aliphatic rings. The molecular weight excluding hydrogens is 376 g/mol. The minimum absolute atomic E-state index is 0.0326. The molecule has 144 valence electrons. The summed E-state index contributed by atoms with van der Waals surface area (Å²) in [6.07, 6.45) is 1.83. The van der Waals surface area contributed by atoms with E-state index in [2.05, 4.69) is 10.6 Å². The van der Waals surface area contributed by atoms with Gasteiger partial charge < -0.3 is 20.3 Å². The predicted molar refractivity (Wildman–Crippen MR) is 102 cm³/mol. The predicted octanol–water partition coefficient (Wildman–Crippen LogP) is 4.42. The third-order valence-corrected chi connectivity index (χ3v) is 4.42. The van der Waals surface area contributed by atoms with Crippen molar-refractivity contribution < 1.29 is 18.3 Å². The molecule has 0 saturated carbocycles. The van der Waals surface area contributed by atoms with Crippen molar-refractivity contribution in [2.45, 2.75) is 12.8 Å². The lowest BCUT2D eigenvalue weighted by Crippen LogP contribution is -2.32. The molecule has 5 nitrogen and oxygen atoms in total. The summed E-state index contributed by atoms with van der Waals surface area (Å²) in [6, 6.07) is 8.52. The fourth-order valence-electron chi connectivity index (χ4n) is 2.92. The summed E-state index contributed by atoms with van der Waals surface area (Å²) in [4.78, 5) is 13.6. The molecule has 0 atom stereocenters. The van der Waals surface area contributed by atoms with Crippen LogP contribution in [0.3, 0.4) is 0 Å². The summed E-state index contributed by atoms with van der Waals surface area (Å²) in [5.41, 5.74) is 0.0267. The molecule has 1 aliphatic heterocycles. The van der Waals surface area contributed by atoms with Crippen LogP contribution in [0.25, 0.3) is 0 Å². The number of hydrogen-bond donors (Lipinski definition) is 2. The molecule has 27 heavy (non-hydrogen) atoms. The van der Waals surface area contributed by atoms with E-state index in [0.717, 1.165) is 25.0 Å². The molecule has 0 bridgehead atoms. The van der Waals surface area contributed by atoms with E-state index in [9.17, 15) is 13.6 Å². The fraction of sp³-hybridized carbons (Fsp3) is 0.316. The Labute approximate surface area is 161 Å². The van der Waals surface area contributed by atoms with Crippen LogP contribution in [0, 0.1) is 11.6 Å². The van der Waals surface area contributed by atoms with Crippen LogP contribution in [0.1, 0.15) is 12.8 Å². The van der Waals surface area contributed by atoms with Crippen LogP contribution in [0.5, 0.6) is 5.75 Å². The van der Waals surface area contributed by atoms with Gasteiger partial charge in [0.15, 0.2) is 11.6 Å². The maximum Gasteiger partial charge on any atom is 0.319 e. The van der Waals surface area contributed by atoms with Gasteiger partial charge in [-0.15, -0.1) is 0 Å². The lowest BCUT2D eigenvalue weighted by Gasteiger charge is -2.20. The first-order valence-corrected chi connectivity index (χ1v) is 9.08. The van der Waals surface area contributed by atoms with E-state index in [4.69, 9.17) is 16.3 Å². The van der Waals surface area contributed by atoms with E-state index in [-0.39, 0.29) is 24.5 Å². The van der Waals surface area contributed by atoms with Crippen molar-refractivity contribution in [3.63, 3.8) is 0 Å². The van der Waals surface area contributed by atoms with E-state index >= 15 is 0 Å². The van der Waals surface area contributed by atoms with Gasteiger partial charge in [-0.25, -0.2) is 13.6 Å². The molecular formula is C19H20ClF2N3O2. The van der Waals surface area contributed by atoms with E-state index < -0.39 is 17.7 Å². The number of benzene rings is 2. The van der Waals surface area contributed by atoms with E-state index in [0.29, 0.717) is 23.9 Å². The number of urea groups is 1. The summed E-state index contributed by atoms with van der Waals surface area (Å²) in [6.45, 7) is 1.74. The van der Waals surface area contributed by atoms with Crippen LogP contribution in [0.15, 0.2) is 36.4 Å². The lowest BCUT2D eigenvalue weighted by molar-refractivity contribution is 0.247. The van der Waals surface area contributed by atoms with Crippen molar-refractivity contribution >= 4 is 29.0 Å². The number of anilines is 2. The Morgan fingerprint density at radius 1 is 1.11 bits per heavy atom. The monoisotopic (exact) mass is 395 g/mol. The number of nitrogens with one attached hydrogen (secondary N) is 2. The Bertz CT molecular complexity index is 773. The maximum atomic E-state index is 14.3. The van der Waals surface area contributed by atoms with Gasteiger partial charge in [-0.3, -0.25) is 0 Å². The number of ether oxygens (including phenoxy) is 1. The van der Waals surface area contributed by atoms with Crippen molar-refractivity contribution in [1.82, 2.24) is 5.32 Å². The molecule has 3 rings (SSSR count). The standard InChI is InChI=1S/C19H20ClF2N3O2/c20-13-3-5-15(6-4-13)27-10-7-23-19(26)24-14-11-16(21)18(17(22)12-14)25-8-1-2-9-25/h3-6,11-12H,1-2,7-10H2,(H2,23,24,26). The Morgan fingerprint density at radius 3 is 2.37 bits per heavy atom. The summed E-state index contributed by atoms with van der Waals surface area (Å²) in [5.74, 6) is -0.736. The normalized spacial score (nSPS) is 13.5. The third-order valence-electron chi connectivity index (χ3n) is 4.17. The van der Waals surface area contributed by atoms with Gasteiger partial charge in [0.25, 0.3) is 0 Å². The number of halogens is 3. The minimum atomic E-state index is -0.682. The van der Waals surface area contributed by atoms with Crippen LogP contribution in [0.4, 0.5) is 25.0 Å². The number of rotatable bonds is 6. The van der Waals surface area contributed by atoms with Gasteiger partial charge >= 0.3 is 6.03 Å². The first-order valence-electron chi connectivity index (χ1n) is 8.70. The van der Waals surface area contributed by atoms with Gasteiger partial charge in [0.05, 0.1) is 6.54 Å². The van der Waals surface area contributed by atoms with Gasteiger partial charge in [0, 0.05) is 23.8 Å².